The van der Waals surface area contributed by atoms with Gasteiger partial charge in [-0.05, 0) is 42.5 Å². The van der Waals surface area contributed by atoms with Gasteiger partial charge in [-0.1, -0.05) is 59.6 Å². The molecule has 0 fully saturated rings. The molecule has 4 aromatic rings. The first-order chi connectivity index (χ1) is 16.3. The Kier molecular flexibility index (Phi) is 6.91. The fraction of sp³-hybridized carbons (Fsp3) is 0.0769. The number of imide groups is 1. The summed E-state index contributed by atoms with van der Waals surface area (Å²) in [4.78, 5) is 26.6. The molecule has 0 spiro atoms. The summed E-state index contributed by atoms with van der Waals surface area (Å²) >= 11 is 12.4. The zero-order chi connectivity index (χ0) is 24.2. The van der Waals surface area contributed by atoms with Crippen LogP contribution in [-0.4, -0.2) is 26.0 Å². The third kappa shape index (κ3) is 5.09. The summed E-state index contributed by atoms with van der Waals surface area (Å²) in [5, 5.41) is 7.38. The van der Waals surface area contributed by atoms with E-state index in [-0.39, 0.29) is 10.6 Å². The van der Waals surface area contributed by atoms with Crippen LogP contribution in [0.2, 0.25) is 10.0 Å². The molecule has 172 valence electrons. The van der Waals surface area contributed by atoms with Gasteiger partial charge in [0.15, 0.2) is 0 Å². The highest BCUT2D eigenvalue weighted by molar-refractivity contribution is 6.34. The lowest BCUT2D eigenvalue weighted by atomic mass is 10.1. The number of carbonyl (C=O) groups is 2. The molecule has 0 radical (unpaired) electrons. The molecule has 0 saturated heterocycles. The van der Waals surface area contributed by atoms with Gasteiger partial charge < -0.3 is 15.0 Å². The van der Waals surface area contributed by atoms with Crippen LogP contribution in [0.5, 0.6) is 11.5 Å². The van der Waals surface area contributed by atoms with Gasteiger partial charge in [-0.25, -0.2) is 4.79 Å². The standard InChI is InChI=1S/C26H21Cl2N3O3/c1-31(2)22-12-14-23(18-8-4-3-7-17(18)22)34-24-13-11-16(15-21(24)28)29-26(33)30-25(32)19-9-5-6-10-20(19)27/h3-15H,1-2H3,(H2,29,30,32,33). The maximum Gasteiger partial charge on any atom is 0.326 e. The Morgan fingerprint density at radius 1 is 0.794 bits per heavy atom. The molecule has 4 rings (SSSR count). The molecule has 0 unspecified atom stereocenters. The SMILES string of the molecule is CN(C)c1ccc(Oc2ccc(NC(=O)NC(=O)c3ccccc3Cl)cc2Cl)c2ccccc12. The number of hydrogen-bond donors (Lipinski definition) is 2. The Morgan fingerprint density at radius 2 is 1.47 bits per heavy atom. The minimum atomic E-state index is -0.708. The quantitative estimate of drug-likeness (QED) is 0.315. The Hall–Kier alpha value is -3.74. The molecule has 4 aromatic carbocycles. The zero-order valence-electron chi connectivity index (χ0n) is 18.4. The number of nitrogens with one attached hydrogen (secondary N) is 2. The van der Waals surface area contributed by atoms with E-state index >= 15 is 0 Å². The van der Waals surface area contributed by atoms with Crippen molar-refractivity contribution in [3.8, 4) is 11.5 Å². The van der Waals surface area contributed by atoms with E-state index < -0.39 is 11.9 Å². The summed E-state index contributed by atoms with van der Waals surface area (Å²) in [6.45, 7) is 0. The number of amides is 3. The monoisotopic (exact) mass is 493 g/mol. The van der Waals surface area contributed by atoms with Gasteiger partial charge in [0.1, 0.15) is 11.5 Å². The van der Waals surface area contributed by atoms with Gasteiger partial charge in [0, 0.05) is 36.2 Å². The van der Waals surface area contributed by atoms with Crippen LogP contribution in [0.15, 0.2) is 78.9 Å². The number of fused-ring (bicyclic) bond motifs is 1. The van der Waals surface area contributed by atoms with E-state index in [1.165, 1.54) is 6.07 Å². The van der Waals surface area contributed by atoms with Crippen LogP contribution < -0.4 is 20.3 Å². The predicted octanol–water partition coefficient (Wildman–Crippen LogP) is 6.97. The highest BCUT2D eigenvalue weighted by atomic mass is 35.5. The molecule has 6 nitrogen and oxygen atoms in total. The highest BCUT2D eigenvalue weighted by Gasteiger charge is 2.15. The van der Waals surface area contributed by atoms with Crippen LogP contribution in [0, 0.1) is 0 Å². The molecule has 0 saturated carbocycles. The molecule has 8 heteroatoms. The van der Waals surface area contributed by atoms with Crippen LogP contribution in [-0.2, 0) is 0 Å². The first kappa shape index (κ1) is 23.4. The summed E-state index contributed by atoms with van der Waals surface area (Å²) in [6.07, 6.45) is 0. The van der Waals surface area contributed by atoms with E-state index in [0.717, 1.165) is 16.5 Å². The van der Waals surface area contributed by atoms with Gasteiger partial charge >= 0.3 is 6.03 Å². The second-order valence-electron chi connectivity index (χ2n) is 7.66. The molecule has 0 aliphatic rings. The van der Waals surface area contributed by atoms with Crippen molar-refractivity contribution < 1.29 is 14.3 Å². The maximum absolute atomic E-state index is 12.3. The van der Waals surface area contributed by atoms with Crippen LogP contribution in [0.1, 0.15) is 10.4 Å². The van der Waals surface area contributed by atoms with E-state index in [1.807, 2.05) is 55.4 Å². The normalized spacial score (nSPS) is 10.6. The molecular formula is C26H21Cl2N3O3. The topological polar surface area (TPSA) is 70.7 Å². The number of anilines is 2. The third-order valence-electron chi connectivity index (χ3n) is 5.10. The smallest absolute Gasteiger partial charge is 0.326 e. The van der Waals surface area contributed by atoms with E-state index in [9.17, 15) is 9.59 Å². The zero-order valence-corrected chi connectivity index (χ0v) is 19.9. The van der Waals surface area contributed by atoms with Gasteiger partial charge in [-0.15, -0.1) is 0 Å². The Labute approximate surface area is 207 Å². The Morgan fingerprint density at radius 3 is 2.18 bits per heavy atom. The van der Waals surface area contributed by atoms with Gasteiger partial charge in [-0.3, -0.25) is 10.1 Å². The third-order valence-corrected chi connectivity index (χ3v) is 5.72. The summed E-state index contributed by atoms with van der Waals surface area (Å²) in [7, 11) is 3.98. The van der Waals surface area contributed by atoms with E-state index in [2.05, 4.69) is 10.6 Å². The van der Waals surface area contributed by atoms with E-state index in [1.54, 1.807) is 36.4 Å². The lowest BCUT2D eigenvalue weighted by molar-refractivity contribution is 0.0967. The van der Waals surface area contributed by atoms with Crippen molar-refractivity contribution in [2.24, 2.45) is 0 Å². The number of halogens is 2. The van der Waals surface area contributed by atoms with Crippen LogP contribution >= 0.6 is 23.2 Å². The van der Waals surface area contributed by atoms with E-state index in [4.69, 9.17) is 27.9 Å². The van der Waals surface area contributed by atoms with Crippen LogP contribution in [0.25, 0.3) is 10.8 Å². The van der Waals surface area contributed by atoms with E-state index in [0.29, 0.717) is 22.2 Å². The number of rotatable bonds is 5. The summed E-state index contributed by atoms with van der Waals surface area (Å²) in [6, 6.07) is 22.4. The number of carbonyl (C=O) groups excluding carboxylic acids is 2. The molecule has 2 N–H and O–H groups in total. The molecule has 0 atom stereocenters. The lowest BCUT2D eigenvalue weighted by Gasteiger charge is -2.18. The fourth-order valence-electron chi connectivity index (χ4n) is 3.49. The van der Waals surface area contributed by atoms with Gasteiger partial charge in [0.25, 0.3) is 5.91 Å². The molecule has 3 amide bonds. The van der Waals surface area contributed by atoms with Crippen LogP contribution in [0.3, 0.4) is 0 Å². The summed E-state index contributed by atoms with van der Waals surface area (Å²) < 4.78 is 6.11. The fourth-order valence-corrected chi connectivity index (χ4v) is 3.93. The van der Waals surface area contributed by atoms with Crippen molar-refractivity contribution in [2.75, 3.05) is 24.3 Å². The molecular weight excluding hydrogens is 473 g/mol. The first-order valence-corrected chi connectivity index (χ1v) is 11.1. The minimum absolute atomic E-state index is 0.202. The number of ether oxygens (including phenoxy) is 1. The average molecular weight is 494 g/mol. The second-order valence-corrected chi connectivity index (χ2v) is 8.47. The van der Waals surface area contributed by atoms with Crippen molar-refractivity contribution in [1.82, 2.24) is 5.32 Å². The Bertz CT molecular complexity index is 1390. The minimum Gasteiger partial charge on any atom is -0.455 e. The largest absolute Gasteiger partial charge is 0.455 e. The van der Waals surface area contributed by atoms with Crippen LogP contribution in [0.4, 0.5) is 16.2 Å². The second kappa shape index (κ2) is 10.0. The van der Waals surface area contributed by atoms with Gasteiger partial charge in [0.05, 0.1) is 15.6 Å². The van der Waals surface area contributed by atoms with Crippen molar-refractivity contribution in [3.63, 3.8) is 0 Å². The Balaban J connectivity index is 1.49. The maximum atomic E-state index is 12.3. The number of urea groups is 1. The molecule has 0 aromatic heterocycles. The van der Waals surface area contributed by atoms with Crippen molar-refractivity contribution in [3.05, 3.63) is 94.5 Å². The molecule has 0 aliphatic carbocycles. The summed E-state index contributed by atoms with van der Waals surface area (Å²) in [5.74, 6) is 0.483. The lowest BCUT2D eigenvalue weighted by Crippen LogP contribution is -2.34. The van der Waals surface area contributed by atoms with Gasteiger partial charge in [-0.2, -0.15) is 0 Å². The van der Waals surface area contributed by atoms with Crippen molar-refractivity contribution in [2.45, 2.75) is 0 Å². The molecule has 0 bridgehead atoms. The molecule has 34 heavy (non-hydrogen) atoms. The van der Waals surface area contributed by atoms with Crippen molar-refractivity contribution in [1.29, 1.82) is 0 Å². The number of nitrogens with zero attached hydrogens (tertiary/aromatic N) is 1. The number of benzene rings is 4. The average Bonchev–Trinajstić information content (AvgIpc) is 2.81. The molecule has 0 aliphatic heterocycles. The molecule has 0 heterocycles. The first-order valence-electron chi connectivity index (χ1n) is 10.4. The van der Waals surface area contributed by atoms with Crippen molar-refractivity contribution >= 4 is 57.3 Å². The predicted molar refractivity (Wildman–Crippen MR) is 138 cm³/mol. The number of hydrogen-bond acceptors (Lipinski definition) is 4. The van der Waals surface area contributed by atoms with Gasteiger partial charge in [0.2, 0.25) is 0 Å². The highest BCUT2D eigenvalue weighted by Crippen LogP contribution is 2.38. The summed E-state index contributed by atoms with van der Waals surface area (Å²) in [5.41, 5.74) is 1.68.